The summed E-state index contributed by atoms with van der Waals surface area (Å²) in [7, 11) is 5.60. The van der Waals surface area contributed by atoms with Crippen molar-refractivity contribution in [2.75, 3.05) is 14.1 Å². The second-order valence-corrected chi connectivity index (χ2v) is 5.06. The number of hydrogen-bond acceptors (Lipinski definition) is 4. The summed E-state index contributed by atoms with van der Waals surface area (Å²) in [5, 5.41) is 4.37. The van der Waals surface area contributed by atoms with Crippen molar-refractivity contribution in [3.63, 3.8) is 0 Å². The molecule has 2 rings (SSSR count). The van der Waals surface area contributed by atoms with Crippen molar-refractivity contribution >= 4 is 5.78 Å². The van der Waals surface area contributed by atoms with E-state index in [0.29, 0.717) is 17.9 Å². The normalized spacial score (nSPS) is 17.0. The molecule has 98 valence electrons. The molecule has 0 unspecified atom stereocenters. The first-order valence-electron chi connectivity index (χ1n) is 6.03. The molecule has 18 heavy (non-hydrogen) atoms. The third kappa shape index (κ3) is 2.00. The molecule has 0 atom stereocenters. The summed E-state index contributed by atoms with van der Waals surface area (Å²) in [6, 6.07) is 0. The average Bonchev–Trinajstić information content (AvgIpc) is 2.59. The van der Waals surface area contributed by atoms with Crippen LogP contribution < -0.4 is 0 Å². The van der Waals surface area contributed by atoms with Crippen molar-refractivity contribution in [1.29, 1.82) is 0 Å². The molecule has 0 amide bonds. The summed E-state index contributed by atoms with van der Waals surface area (Å²) < 4.78 is 7.26. The van der Waals surface area contributed by atoms with Gasteiger partial charge in [-0.3, -0.25) is 9.48 Å². The SMILES string of the molecule is CC(C)c1c2c(nn1C)CO/C(=C\N(C)C)C2=O. The molecule has 2 heterocycles. The van der Waals surface area contributed by atoms with E-state index < -0.39 is 0 Å². The third-order valence-electron chi connectivity index (χ3n) is 2.90. The van der Waals surface area contributed by atoms with Gasteiger partial charge >= 0.3 is 0 Å². The number of ketones is 1. The smallest absolute Gasteiger partial charge is 0.232 e. The van der Waals surface area contributed by atoms with Crippen molar-refractivity contribution in [3.05, 3.63) is 28.9 Å². The minimum absolute atomic E-state index is 0.0678. The molecule has 1 aliphatic heterocycles. The number of carbonyl (C=O) groups excluding carboxylic acids is 1. The van der Waals surface area contributed by atoms with Crippen molar-refractivity contribution in [2.45, 2.75) is 26.4 Å². The zero-order valence-electron chi connectivity index (χ0n) is 11.5. The fourth-order valence-electron chi connectivity index (χ4n) is 2.27. The summed E-state index contributed by atoms with van der Waals surface area (Å²) in [4.78, 5) is 14.2. The van der Waals surface area contributed by atoms with Crippen LogP contribution in [-0.2, 0) is 18.4 Å². The summed E-state index contributed by atoms with van der Waals surface area (Å²) in [5.41, 5.74) is 2.43. The molecule has 1 aromatic heterocycles. The molecule has 1 aliphatic rings. The predicted octanol–water partition coefficient (Wildman–Crippen LogP) is 1.66. The van der Waals surface area contributed by atoms with E-state index in [2.05, 4.69) is 18.9 Å². The molecule has 0 spiro atoms. The Kier molecular flexibility index (Phi) is 3.15. The maximum atomic E-state index is 12.4. The van der Waals surface area contributed by atoms with Gasteiger partial charge in [0.1, 0.15) is 12.3 Å². The van der Waals surface area contributed by atoms with Gasteiger partial charge in [0.2, 0.25) is 5.78 Å². The minimum atomic E-state index is -0.0678. The van der Waals surface area contributed by atoms with E-state index in [1.54, 1.807) is 10.9 Å². The van der Waals surface area contributed by atoms with E-state index >= 15 is 0 Å². The Balaban J connectivity index is 2.51. The lowest BCUT2D eigenvalue weighted by molar-refractivity contribution is 0.0850. The number of fused-ring (bicyclic) bond motifs is 1. The molecule has 0 N–H and O–H groups in total. The van der Waals surface area contributed by atoms with Crippen LogP contribution in [0.5, 0.6) is 0 Å². The van der Waals surface area contributed by atoms with Gasteiger partial charge in [-0.1, -0.05) is 13.8 Å². The van der Waals surface area contributed by atoms with E-state index in [1.165, 1.54) is 0 Å². The molecule has 0 saturated carbocycles. The van der Waals surface area contributed by atoms with Gasteiger partial charge in [-0.25, -0.2) is 0 Å². The van der Waals surface area contributed by atoms with Gasteiger partial charge in [-0.15, -0.1) is 0 Å². The number of hydrogen-bond donors (Lipinski definition) is 0. The van der Waals surface area contributed by atoms with Gasteiger partial charge < -0.3 is 9.64 Å². The molecule has 5 nitrogen and oxygen atoms in total. The van der Waals surface area contributed by atoms with Crippen molar-refractivity contribution in [2.24, 2.45) is 7.05 Å². The minimum Gasteiger partial charge on any atom is -0.482 e. The van der Waals surface area contributed by atoms with Crippen LogP contribution in [-0.4, -0.2) is 34.6 Å². The van der Waals surface area contributed by atoms with Crippen LogP contribution in [0.25, 0.3) is 0 Å². The van der Waals surface area contributed by atoms with Crippen LogP contribution in [0, 0.1) is 0 Å². The number of aryl methyl sites for hydroxylation is 1. The Morgan fingerprint density at radius 1 is 1.44 bits per heavy atom. The Bertz CT molecular complexity index is 513. The number of Topliss-reactive ketones (excluding diaryl/α,β-unsaturated/α-hetero) is 1. The van der Waals surface area contributed by atoms with Crippen LogP contribution >= 0.6 is 0 Å². The highest BCUT2D eigenvalue weighted by molar-refractivity contribution is 6.09. The topological polar surface area (TPSA) is 47.4 Å². The highest BCUT2D eigenvalue weighted by atomic mass is 16.5. The van der Waals surface area contributed by atoms with Crippen LogP contribution in [0.4, 0.5) is 0 Å². The molecule has 0 aromatic carbocycles. The van der Waals surface area contributed by atoms with E-state index in [1.807, 2.05) is 26.0 Å². The lowest BCUT2D eigenvalue weighted by atomic mass is 9.98. The zero-order chi connectivity index (χ0) is 13.4. The standard InChI is InChI=1S/C13H19N3O2/c1-8(2)12-11-9(14-16(12)5)7-18-10(13(11)17)6-15(3)4/h6,8H,7H2,1-5H3/b10-6-. The van der Waals surface area contributed by atoms with Gasteiger partial charge in [0.05, 0.1) is 11.3 Å². The van der Waals surface area contributed by atoms with Crippen molar-refractivity contribution in [3.8, 4) is 0 Å². The summed E-state index contributed by atoms with van der Waals surface area (Å²) in [5.74, 6) is 0.582. The Morgan fingerprint density at radius 3 is 2.67 bits per heavy atom. The number of ether oxygens (including phenoxy) is 1. The molecular weight excluding hydrogens is 230 g/mol. The Hall–Kier alpha value is -1.78. The first kappa shape index (κ1) is 12.7. The number of aromatic nitrogens is 2. The summed E-state index contributed by atoms with van der Waals surface area (Å²) in [6.07, 6.45) is 1.71. The average molecular weight is 249 g/mol. The van der Waals surface area contributed by atoms with Gasteiger partial charge in [0, 0.05) is 27.3 Å². The first-order chi connectivity index (χ1) is 8.41. The third-order valence-corrected chi connectivity index (χ3v) is 2.90. The molecule has 0 radical (unpaired) electrons. The fraction of sp³-hybridized carbons (Fsp3) is 0.538. The fourth-order valence-corrected chi connectivity index (χ4v) is 2.27. The zero-order valence-corrected chi connectivity index (χ0v) is 11.5. The van der Waals surface area contributed by atoms with Crippen LogP contribution in [0.2, 0.25) is 0 Å². The lowest BCUT2D eigenvalue weighted by Crippen LogP contribution is -2.19. The van der Waals surface area contributed by atoms with Crippen LogP contribution in [0.1, 0.15) is 41.5 Å². The van der Waals surface area contributed by atoms with Crippen LogP contribution in [0.15, 0.2) is 12.0 Å². The van der Waals surface area contributed by atoms with E-state index in [4.69, 9.17) is 4.74 Å². The summed E-state index contributed by atoms with van der Waals surface area (Å²) >= 11 is 0. The molecule has 5 heteroatoms. The molecule has 0 saturated heterocycles. The van der Waals surface area contributed by atoms with E-state index in [-0.39, 0.29) is 11.7 Å². The molecule has 0 aliphatic carbocycles. The van der Waals surface area contributed by atoms with Crippen molar-refractivity contribution < 1.29 is 9.53 Å². The molecular formula is C13H19N3O2. The Labute approximate surface area is 107 Å². The first-order valence-corrected chi connectivity index (χ1v) is 6.03. The van der Waals surface area contributed by atoms with E-state index in [9.17, 15) is 4.79 Å². The predicted molar refractivity (Wildman–Crippen MR) is 68.2 cm³/mol. The number of carbonyl (C=O) groups is 1. The Morgan fingerprint density at radius 2 is 2.11 bits per heavy atom. The van der Waals surface area contributed by atoms with Gasteiger partial charge in [0.25, 0.3) is 0 Å². The molecule has 1 aromatic rings. The monoisotopic (exact) mass is 249 g/mol. The quantitative estimate of drug-likeness (QED) is 0.748. The second kappa shape index (κ2) is 4.48. The highest BCUT2D eigenvalue weighted by Gasteiger charge is 2.31. The second-order valence-electron chi connectivity index (χ2n) is 5.06. The van der Waals surface area contributed by atoms with Gasteiger partial charge in [-0.2, -0.15) is 5.10 Å². The number of allylic oxidation sites excluding steroid dienone is 1. The molecule has 0 fully saturated rings. The number of nitrogens with zero attached hydrogens (tertiary/aromatic N) is 3. The van der Waals surface area contributed by atoms with Gasteiger partial charge in [0.15, 0.2) is 5.76 Å². The highest BCUT2D eigenvalue weighted by Crippen LogP contribution is 2.29. The van der Waals surface area contributed by atoms with Gasteiger partial charge in [-0.05, 0) is 5.92 Å². The lowest BCUT2D eigenvalue weighted by Gasteiger charge is -2.18. The largest absolute Gasteiger partial charge is 0.482 e. The van der Waals surface area contributed by atoms with Crippen LogP contribution in [0.3, 0.4) is 0 Å². The number of rotatable bonds is 2. The summed E-state index contributed by atoms with van der Waals surface area (Å²) in [6.45, 7) is 4.49. The maximum Gasteiger partial charge on any atom is 0.232 e. The van der Waals surface area contributed by atoms with Crippen molar-refractivity contribution in [1.82, 2.24) is 14.7 Å². The van der Waals surface area contributed by atoms with E-state index in [0.717, 1.165) is 11.4 Å². The molecule has 0 bridgehead atoms. The maximum absolute atomic E-state index is 12.4.